The maximum atomic E-state index is 12.8. The molecule has 0 bridgehead atoms. The van der Waals surface area contributed by atoms with Gasteiger partial charge in [-0.15, -0.1) is 11.3 Å². The monoisotopic (exact) mass is 461 g/mol. The minimum absolute atomic E-state index is 0.226. The first-order chi connectivity index (χ1) is 14.4. The maximum Gasteiger partial charge on any atom is 0.255 e. The number of nitrogens with one attached hydrogen (secondary N) is 1. The Hall–Kier alpha value is -1.94. The average Bonchev–Trinajstić information content (AvgIpc) is 3.16. The molecular weight excluding hydrogens is 438 g/mol. The van der Waals surface area contributed by atoms with Crippen LogP contribution in [-0.4, -0.2) is 43.0 Å². The van der Waals surface area contributed by atoms with Gasteiger partial charge in [0.1, 0.15) is 0 Å². The number of hydrogen-bond acceptors (Lipinski definition) is 6. The Bertz CT molecular complexity index is 1170. The van der Waals surface area contributed by atoms with Crippen molar-refractivity contribution < 1.29 is 13.2 Å². The van der Waals surface area contributed by atoms with Crippen LogP contribution >= 0.6 is 23.1 Å². The Morgan fingerprint density at radius 3 is 2.53 bits per heavy atom. The van der Waals surface area contributed by atoms with Gasteiger partial charge >= 0.3 is 0 Å². The molecule has 1 aliphatic heterocycles. The van der Waals surface area contributed by atoms with Gasteiger partial charge in [-0.3, -0.25) is 4.79 Å². The molecule has 2 heterocycles. The first kappa shape index (κ1) is 21.3. The summed E-state index contributed by atoms with van der Waals surface area (Å²) in [5.41, 5.74) is 2.00. The van der Waals surface area contributed by atoms with Gasteiger partial charge in [-0.05, 0) is 67.5 Å². The molecule has 1 fully saturated rings. The predicted molar refractivity (Wildman–Crippen MR) is 123 cm³/mol. The molecule has 1 aliphatic rings. The van der Waals surface area contributed by atoms with E-state index in [0.29, 0.717) is 30.3 Å². The molecule has 6 nitrogen and oxygen atoms in total. The molecule has 3 aromatic rings. The van der Waals surface area contributed by atoms with Crippen LogP contribution in [0.5, 0.6) is 0 Å². The van der Waals surface area contributed by atoms with E-state index < -0.39 is 10.0 Å². The molecule has 0 saturated carbocycles. The van der Waals surface area contributed by atoms with E-state index in [1.54, 1.807) is 35.2 Å². The smallest absolute Gasteiger partial charge is 0.255 e. The summed E-state index contributed by atoms with van der Waals surface area (Å²) in [4.78, 5) is 17.3. The molecule has 158 valence electrons. The molecule has 1 N–H and O–H groups in total. The Labute approximate surface area is 184 Å². The third kappa shape index (κ3) is 4.39. The van der Waals surface area contributed by atoms with Crippen LogP contribution in [0.2, 0.25) is 0 Å². The fraction of sp³-hybridized carbons (Fsp3) is 0.333. The van der Waals surface area contributed by atoms with E-state index in [-0.39, 0.29) is 10.8 Å². The summed E-state index contributed by atoms with van der Waals surface area (Å²) in [6, 6.07) is 11.8. The third-order valence-electron chi connectivity index (χ3n) is 5.30. The molecular formula is C21H23N3O3S3. The number of benzene rings is 2. The highest BCUT2D eigenvalue weighted by atomic mass is 32.2. The Morgan fingerprint density at radius 1 is 1.17 bits per heavy atom. The fourth-order valence-corrected chi connectivity index (χ4v) is 6.42. The standard InChI is InChI=1S/C21H23N3O3S3/c1-14-9-11-24(12-10-14)30(26,27)17-6-3-15(4-7-17)20(25)22-16-5-8-18-19(13-16)29-21(23-18)28-2/h3-8,13-14H,9-12H2,1-2H3,(H,22,25). The lowest BCUT2D eigenvalue weighted by Gasteiger charge is -2.29. The van der Waals surface area contributed by atoms with E-state index in [0.717, 1.165) is 27.4 Å². The van der Waals surface area contributed by atoms with Gasteiger partial charge in [0, 0.05) is 24.3 Å². The van der Waals surface area contributed by atoms with E-state index in [4.69, 9.17) is 0 Å². The number of fused-ring (bicyclic) bond motifs is 1. The topological polar surface area (TPSA) is 79.4 Å². The van der Waals surface area contributed by atoms with E-state index >= 15 is 0 Å². The summed E-state index contributed by atoms with van der Waals surface area (Å²) in [5, 5.41) is 2.88. The van der Waals surface area contributed by atoms with Crippen LogP contribution in [0.4, 0.5) is 5.69 Å². The van der Waals surface area contributed by atoms with Crippen LogP contribution in [0.15, 0.2) is 51.7 Å². The highest BCUT2D eigenvalue weighted by Crippen LogP contribution is 2.30. The van der Waals surface area contributed by atoms with Gasteiger partial charge in [0.2, 0.25) is 10.0 Å². The molecule has 0 spiro atoms. The van der Waals surface area contributed by atoms with Crippen molar-refractivity contribution in [2.24, 2.45) is 5.92 Å². The lowest BCUT2D eigenvalue weighted by Crippen LogP contribution is -2.37. The van der Waals surface area contributed by atoms with Crippen LogP contribution < -0.4 is 5.32 Å². The van der Waals surface area contributed by atoms with E-state index in [1.807, 2.05) is 24.5 Å². The Morgan fingerprint density at radius 2 is 1.87 bits per heavy atom. The van der Waals surface area contributed by atoms with E-state index in [1.165, 1.54) is 16.4 Å². The van der Waals surface area contributed by atoms with Crippen molar-refractivity contribution >= 4 is 54.9 Å². The summed E-state index contributed by atoms with van der Waals surface area (Å²) < 4.78 is 29.2. The van der Waals surface area contributed by atoms with Crippen molar-refractivity contribution in [1.82, 2.24) is 9.29 Å². The molecule has 1 saturated heterocycles. The molecule has 30 heavy (non-hydrogen) atoms. The second kappa shape index (κ2) is 8.66. The molecule has 0 radical (unpaired) electrons. The number of carbonyl (C=O) groups excluding carboxylic acids is 1. The van der Waals surface area contributed by atoms with Crippen molar-refractivity contribution in [2.75, 3.05) is 24.7 Å². The van der Waals surface area contributed by atoms with Gasteiger partial charge in [-0.2, -0.15) is 4.31 Å². The summed E-state index contributed by atoms with van der Waals surface area (Å²) in [5.74, 6) is 0.277. The lowest BCUT2D eigenvalue weighted by molar-refractivity contribution is 0.102. The number of rotatable bonds is 5. The number of amides is 1. The minimum atomic E-state index is -3.52. The van der Waals surface area contributed by atoms with Crippen LogP contribution in [0.3, 0.4) is 0 Å². The summed E-state index contributed by atoms with van der Waals surface area (Å²) in [6.45, 7) is 3.24. The van der Waals surface area contributed by atoms with Gasteiger partial charge in [0.05, 0.1) is 15.1 Å². The molecule has 2 aromatic carbocycles. The number of piperidine rings is 1. The van der Waals surface area contributed by atoms with Crippen molar-refractivity contribution in [2.45, 2.75) is 29.0 Å². The predicted octanol–water partition coefficient (Wildman–Crippen LogP) is 4.69. The normalized spacial score (nSPS) is 16.1. The van der Waals surface area contributed by atoms with Gasteiger partial charge in [-0.25, -0.2) is 13.4 Å². The SMILES string of the molecule is CSc1nc2ccc(NC(=O)c3ccc(S(=O)(=O)N4CCC(C)CC4)cc3)cc2s1. The summed E-state index contributed by atoms with van der Waals surface area (Å²) in [6.07, 6.45) is 3.74. The summed E-state index contributed by atoms with van der Waals surface area (Å²) >= 11 is 3.17. The molecule has 1 aromatic heterocycles. The number of carbonyl (C=O) groups is 1. The second-order valence-electron chi connectivity index (χ2n) is 7.43. The maximum absolute atomic E-state index is 12.8. The third-order valence-corrected chi connectivity index (χ3v) is 9.21. The van der Waals surface area contributed by atoms with Crippen LogP contribution in [-0.2, 0) is 10.0 Å². The molecule has 4 rings (SSSR count). The zero-order valence-corrected chi connectivity index (χ0v) is 19.2. The molecule has 9 heteroatoms. The largest absolute Gasteiger partial charge is 0.322 e. The zero-order valence-electron chi connectivity index (χ0n) is 16.8. The number of nitrogens with zero attached hydrogens (tertiary/aromatic N) is 2. The highest BCUT2D eigenvalue weighted by Gasteiger charge is 2.28. The zero-order chi connectivity index (χ0) is 21.3. The lowest BCUT2D eigenvalue weighted by atomic mass is 10.0. The fourth-order valence-electron chi connectivity index (χ4n) is 3.42. The number of hydrogen-bond donors (Lipinski definition) is 1. The van der Waals surface area contributed by atoms with Gasteiger partial charge in [0.25, 0.3) is 5.91 Å². The molecule has 0 unspecified atom stereocenters. The minimum Gasteiger partial charge on any atom is -0.322 e. The first-order valence-corrected chi connectivity index (χ1v) is 13.2. The van der Waals surface area contributed by atoms with Gasteiger partial charge in [0.15, 0.2) is 4.34 Å². The number of thiazole rings is 1. The van der Waals surface area contributed by atoms with Crippen LogP contribution in [0.25, 0.3) is 10.2 Å². The van der Waals surface area contributed by atoms with Gasteiger partial charge in [-0.1, -0.05) is 18.7 Å². The van der Waals surface area contributed by atoms with Gasteiger partial charge < -0.3 is 5.32 Å². The number of sulfonamides is 1. The summed E-state index contributed by atoms with van der Waals surface area (Å²) in [7, 11) is -3.52. The molecule has 1 amide bonds. The number of anilines is 1. The molecule has 0 aliphatic carbocycles. The van der Waals surface area contributed by atoms with Crippen LogP contribution in [0.1, 0.15) is 30.1 Å². The van der Waals surface area contributed by atoms with Crippen molar-refractivity contribution in [1.29, 1.82) is 0 Å². The van der Waals surface area contributed by atoms with E-state index in [2.05, 4.69) is 17.2 Å². The van der Waals surface area contributed by atoms with Crippen molar-refractivity contribution in [3.8, 4) is 0 Å². The number of thioether (sulfide) groups is 1. The average molecular weight is 462 g/mol. The van der Waals surface area contributed by atoms with E-state index in [9.17, 15) is 13.2 Å². The first-order valence-electron chi connectivity index (χ1n) is 9.73. The van der Waals surface area contributed by atoms with Crippen LogP contribution in [0, 0.1) is 5.92 Å². The highest BCUT2D eigenvalue weighted by molar-refractivity contribution is 8.00. The number of aromatic nitrogens is 1. The quantitative estimate of drug-likeness (QED) is 0.558. The Balaban J connectivity index is 1.47. The molecule has 0 atom stereocenters. The second-order valence-corrected chi connectivity index (χ2v) is 11.5. The van der Waals surface area contributed by atoms with Crippen molar-refractivity contribution in [3.63, 3.8) is 0 Å². The Kier molecular flexibility index (Phi) is 6.15. The van der Waals surface area contributed by atoms with Crippen molar-refractivity contribution in [3.05, 3.63) is 48.0 Å².